The van der Waals surface area contributed by atoms with Crippen molar-refractivity contribution < 1.29 is 23.3 Å². The molecule has 1 amide bonds. The van der Waals surface area contributed by atoms with Gasteiger partial charge in [0, 0.05) is 0 Å². The monoisotopic (exact) mass is 346 g/mol. The summed E-state index contributed by atoms with van der Waals surface area (Å²) in [5.41, 5.74) is -0.691. The fourth-order valence-electron chi connectivity index (χ4n) is 3.30. The molecule has 2 fully saturated rings. The second kappa shape index (κ2) is 6.68. The molecular weight excluding hydrogens is 330 g/mol. The van der Waals surface area contributed by atoms with E-state index < -0.39 is 17.3 Å². The number of rotatable bonds is 3. The number of halogens is 1. The summed E-state index contributed by atoms with van der Waals surface area (Å²) >= 11 is 0. The van der Waals surface area contributed by atoms with Crippen molar-refractivity contribution in [1.29, 1.82) is 5.26 Å². The Labute approximate surface area is 144 Å². The summed E-state index contributed by atoms with van der Waals surface area (Å²) in [5.74, 6) is -1.12. The van der Waals surface area contributed by atoms with Crippen LogP contribution in [0.3, 0.4) is 0 Å². The second-order valence-electron chi connectivity index (χ2n) is 5.81. The number of pyridine rings is 1. The molecule has 1 N–H and O–H groups in total. The Morgan fingerprint density at radius 1 is 1.64 bits per heavy atom. The molecule has 8 nitrogen and oxygen atoms in total. The molecule has 25 heavy (non-hydrogen) atoms. The molecule has 0 spiro atoms. The topological polar surface area (TPSA) is 96.7 Å². The van der Waals surface area contributed by atoms with E-state index in [-0.39, 0.29) is 29.7 Å². The third-order valence-corrected chi connectivity index (χ3v) is 4.56. The van der Waals surface area contributed by atoms with Gasteiger partial charge in [-0.1, -0.05) is 0 Å². The minimum atomic E-state index is -1.15. The van der Waals surface area contributed by atoms with Gasteiger partial charge in [-0.15, -0.1) is 0 Å². The van der Waals surface area contributed by atoms with Crippen LogP contribution in [0.1, 0.15) is 12.0 Å². The predicted molar refractivity (Wildman–Crippen MR) is 84.7 cm³/mol. The molecule has 2 atom stereocenters. The summed E-state index contributed by atoms with van der Waals surface area (Å²) in [4.78, 5) is 18.1. The Morgan fingerprint density at radius 2 is 2.44 bits per heavy atom. The zero-order chi connectivity index (χ0) is 18.0. The van der Waals surface area contributed by atoms with Gasteiger partial charge in [-0.2, -0.15) is 0 Å². The van der Waals surface area contributed by atoms with Crippen molar-refractivity contribution in [2.24, 2.45) is 5.92 Å². The molecule has 2 unspecified atom stereocenters. The molecule has 10 heteroatoms. The third kappa shape index (κ3) is 2.80. The molecule has 2 saturated heterocycles. The maximum atomic E-state index is 14.6. The number of fused-ring (bicyclic) bond motifs is 1. The van der Waals surface area contributed by atoms with Crippen molar-refractivity contribution in [2.75, 3.05) is 27.4 Å². The molecule has 0 aliphatic carbocycles. The molecule has 1 aromatic rings. The number of methoxy groups -OCH3 is 1. The molecule has 2 aliphatic heterocycles. The summed E-state index contributed by atoms with van der Waals surface area (Å²) in [6.45, 7) is 0.469. The first kappa shape index (κ1) is 17.2. The number of amides is 1. The van der Waals surface area contributed by atoms with E-state index in [1.165, 1.54) is 24.3 Å². The zero-order valence-corrected chi connectivity index (χ0v) is 13.8. The Morgan fingerprint density at radius 3 is 3.16 bits per heavy atom. The first-order chi connectivity index (χ1) is 12.0. The first-order valence-electron chi connectivity index (χ1n) is 7.62. The molecule has 2 aliphatic rings. The van der Waals surface area contributed by atoms with E-state index in [2.05, 4.69) is 15.0 Å². The van der Waals surface area contributed by atoms with Crippen LogP contribution in [-0.2, 0) is 19.7 Å². The van der Waals surface area contributed by atoms with Crippen molar-refractivity contribution in [3.63, 3.8) is 0 Å². The summed E-state index contributed by atoms with van der Waals surface area (Å²) < 4.78 is 29.9. The average molecular weight is 346 g/mol. The predicted octanol–water partition coefficient (Wildman–Crippen LogP) is -0.273. The van der Waals surface area contributed by atoms with Gasteiger partial charge >= 0.3 is 144 Å². The quantitative estimate of drug-likeness (QED) is 0.594. The third-order valence-electron chi connectivity index (χ3n) is 4.56. The molecule has 1 aromatic heterocycles. The van der Waals surface area contributed by atoms with Crippen molar-refractivity contribution in [2.45, 2.75) is 12.0 Å². The van der Waals surface area contributed by atoms with Gasteiger partial charge in [0.25, 0.3) is 0 Å². The number of nitriles is 1. The molecule has 0 aromatic carbocycles. The van der Waals surface area contributed by atoms with E-state index in [0.717, 1.165) is 13.3 Å². The fourth-order valence-corrected chi connectivity index (χ4v) is 3.30. The van der Waals surface area contributed by atoms with E-state index in [9.17, 15) is 9.18 Å². The minimum absolute atomic E-state index is 0.0746. The molecule has 0 bridgehead atoms. The molecule has 130 valence electrons. The Balaban J connectivity index is 2.14. The van der Waals surface area contributed by atoms with Crippen LogP contribution in [0, 0.1) is 23.3 Å². The Kier molecular flexibility index (Phi) is 4.59. The number of nitrogens with one attached hydrogen (secondary N) is 1. The molecular formula is C15H16BFN4O4. The number of hydrogen-bond donors (Lipinski definition) is 1. The van der Waals surface area contributed by atoms with E-state index in [4.69, 9.17) is 14.7 Å². The van der Waals surface area contributed by atoms with Gasteiger partial charge in [-0.25, -0.2) is 0 Å². The van der Waals surface area contributed by atoms with Crippen molar-refractivity contribution in [1.82, 2.24) is 15.2 Å². The summed E-state index contributed by atoms with van der Waals surface area (Å²) in [6, 6.07) is 1.45. The zero-order valence-electron chi connectivity index (χ0n) is 13.8. The number of nitrogens with zero attached hydrogens (tertiary/aromatic N) is 3. The maximum absolute atomic E-state index is 14.6. The number of hydrogen-bond acceptors (Lipinski definition) is 7. The summed E-state index contributed by atoms with van der Waals surface area (Å²) in [5, 5.41) is 11.8. The van der Waals surface area contributed by atoms with Crippen molar-refractivity contribution >= 4 is 18.7 Å². The standard InChI is InChI=1S/C15H16BFN4O4/c1-21-13(22)9-3-4-24-7-15(9,20-14(21)16-25-8-18)10-5-12(23-2)19-6-11(10)17/h5-6,9,20H,3-4,7H2,1-2H3. The van der Waals surface area contributed by atoms with E-state index in [0.29, 0.717) is 13.0 Å². The van der Waals surface area contributed by atoms with E-state index in [1.54, 1.807) is 7.05 Å². The number of ether oxygens (including phenoxy) is 2. The number of aromatic nitrogens is 1. The van der Waals surface area contributed by atoms with Gasteiger partial charge in [0.2, 0.25) is 0 Å². The number of carbonyl (C=O) groups excluding carboxylic acids is 1. The molecule has 3 heterocycles. The molecule has 3 rings (SSSR count). The molecule has 0 saturated carbocycles. The van der Waals surface area contributed by atoms with Crippen molar-refractivity contribution in [3.05, 3.63) is 23.6 Å². The van der Waals surface area contributed by atoms with E-state index in [1.807, 2.05) is 0 Å². The van der Waals surface area contributed by atoms with Crippen LogP contribution in [0.2, 0.25) is 0 Å². The van der Waals surface area contributed by atoms with Crippen LogP contribution < -0.4 is 10.1 Å². The second-order valence-corrected chi connectivity index (χ2v) is 5.81. The van der Waals surface area contributed by atoms with Gasteiger partial charge < -0.3 is 0 Å². The van der Waals surface area contributed by atoms with Crippen molar-refractivity contribution in [3.8, 4) is 12.1 Å². The first-order valence-corrected chi connectivity index (χ1v) is 7.62. The van der Waals surface area contributed by atoms with Crippen LogP contribution in [-0.4, -0.2) is 56.0 Å². The van der Waals surface area contributed by atoms with Gasteiger partial charge in [0.15, 0.2) is 0 Å². The normalized spacial score (nSPS) is 27.0. The van der Waals surface area contributed by atoms with Gasteiger partial charge in [-0.3, -0.25) is 0 Å². The fraction of sp³-hybridized carbons (Fsp3) is 0.467. The SMILES string of the molecule is COc1cc(C23COCCC2C(=O)N(C)C(=BOC#N)N3)c(F)cn1. The van der Waals surface area contributed by atoms with Gasteiger partial charge in [0.05, 0.1) is 0 Å². The number of carbonyl (C=O) groups is 1. The summed E-state index contributed by atoms with van der Waals surface area (Å²) in [7, 11) is 4.10. The van der Waals surface area contributed by atoms with E-state index >= 15 is 0 Å². The Bertz CT molecular complexity index is 768. The van der Waals surface area contributed by atoms with Crippen LogP contribution >= 0.6 is 0 Å². The summed E-state index contributed by atoms with van der Waals surface area (Å²) in [6.07, 6.45) is 2.99. The van der Waals surface area contributed by atoms with Gasteiger partial charge in [-0.05, 0) is 0 Å². The van der Waals surface area contributed by atoms with Crippen LogP contribution in [0.5, 0.6) is 5.88 Å². The molecule has 0 radical (unpaired) electrons. The van der Waals surface area contributed by atoms with Crippen LogP contribution in [0.4, 0.5) is 4.39 Å². The van der Waals surface area contributed by atoms with Crippen LogP contribution in [0.15, 0.2) is 12.3 Å². The Hall–Kier alpha value is -2.67. The van der Waals surface area contributed by atoms with Crippen LogP contribution in [0.25, 0.3) is 0 Å². The average Bonchev–Trinajstić information content (AvgIpc) is 2.64. The van der Waals surface area contributed by atoms with Gasteiger partial charge in [0.1, 0.15) is 0 Å².